The van der Waals surface area contributed by atoms with Gasteiger partial charge in [-0.05, 0) is 25.0 Å². The molecular formula is C12H16FNO2. The number of ether oxygens (including phenoxy) is 1. The third kappa shape index (κ3) is 3.88. The maximum absolute atomic E-state index is 12.8. The third-order valence-corrected chi connectivity index (χ3v) is 2.23. The van der Waals surface area contributed by atoms with Gasteiger partial charge in [0, 0.05) is 12.1 Å². The molecule has 0 saturated carbocycles. The van der Waals surface area contributed by atoms with Crippen LogP contribution in [0.4, 0.5) is 10.1 Å². The number of carbonyl (C=O) groups is 1. The molecule has 0 fully saturated rings. The van der Waals surface area contributed by atoms with Crippen molar-refractivity contribution in [2.75, 3.05) is 11.9 Å². The smallest absolute Gasteiger partial charge is 0.293 e. The minimum absolute atomic E-state index is 0.431. The van der Waals surface area contributed by atoms with Gasteiger partial charge in [0.25, 0.3) is 6.47 Å². The molecular weight excluding hydrogens is 209 g/mol. The number of carbonyl (C=O) groups excluding carboxylic acids is 1. The Bertz CT molecular complexity index is 331. The van der Waals surface area contributed by atoms with Gasteiger partial charge in [0.2, 0.25) is 0 Å². The minimum Gasteiger partial charge on any atom is -0.468 e. The lowest BCUT2D eigenvalue weighted by molar-refractivity contribution is -0.128. The summed E-state index contributed by atoms with van der Waals surface area (Å²) in [5.74, 6) is 0. The van der Waals surface area contributed by atoms with Crippen LogP contribution in [0.1, 0.15) is 18.9 Å². The molecule has 0 spiro atoms. The highest BCUT2D eigenvalue weighted by molar-refractivity contribution is 5.53. The first-order valence-corrected chi connectivity index (χ1v) is 5.31. The average Bonchev–Trinajstić information content (AvgIpc) is 2.31. The predicted octanol–water partition coefficient (Wildman–Crippen LogP) is 2.52. The summed E-state index contributed by atoms with van der Waals surface area (Å²) in [5.41, 5.74) is 2.17. The Kier molecular flexibility index (Phi) is 5.32. The highest BCUT2D eigenvalue weighted by Crippen LogP contribution is 2.24. The van der Waals surface area contributed by atoms with E-state index >= 15 is 0 Å². The molecule has 2 rings (SSSR count). The number of anilines is 1. The predicted molar refractivity (Wildman–Crippen MR) is 61.0 cm³/mol. The molecule has 1 N–H and O–H groups in total. The molecule has 1 atom stereocenters. The minimum atomic E-state index is -0.857. The third-order valence-electron chi connectivity index (χ3n) is 2.23. The van der Waals surface area contributed by atoms with Crippen LogP contribution in [0.3, 0.4) is 0 Å². The fourth-order valence-corrected chi connectivity index (χ4v) is 1.47. The van der Waals surface area contributed by atoms with Gasteiger partial charge in [-0.2, -0.15) is 0 Å². The molecule has 16 heavy (non-hydrogen) atoms. The Morgan fingerprint density at radius 2 is 2.31 bits per heavy atom. The highest BCUT2D eigenvalue weighted by atomic mass is 19.1. The van der Waals surface area contributed by atoms with E-state index in [2.05, 4.69) is 10.1 Å². The number of halogens is 1. The quantitative estimate of drug-likeness (QED) is 0.621. The number of para-hydroxylation sites is 1. The van der Waals surface area contributed by atoms with Crippen molar-refractivity contribution in [3.63, 3.8) is 0 Å². The first kappa shape index (κ1) is 12.5. The van der Waals surface area contributed by atoms with Crippen molar-refractivity contribution in [3.8, 4) is 0 Å². The number of nitrogens with one attached hydrogen (secondary N) is 1. The van der Waals surface area contributed by atoms with Gasteiger partial charge in [0.15, 0.2) is 6.30 Å². The van der Waals surface area contributed by atoms with Crippen molar-refractivity contribution >= 4 is 12.2 Å². The summed E-state index contributed by atoms with van der Waals surface area (Å²) in [4.78, 5) is 9.18. The van der Waals surface area contributed by atoms with E-state index in [1.54, 1.807) is 6.92 Å². The summed E-state index contributed by atoms with van der Waals surface area (Å²) in [6, 6.07) is 7.86. The Balaban J connectivity index is 0.000000221. The van der Waals surface area contributed by atoms with Crippen LogP contribution in [-0.2, 0) is 16.0 Å². The fourth-order valence-electron chi connectivity index (χ4n) is 1.47. The van der Waals surface area contributed by atoms with Gasteiger partial charge in [-0.25, -0.2) is 4.39 Å². The SMILES string of the molecule is CCOC=O.FC1CCc2ccccc2N1. The molecule has 0 aromatic heterocycles. The van der Waals surface area contributed by atoms with E-state index in [4.69, 9.17) is 0 Å². The highest BCUT2D eigenvalue weighted by Gasteiger charge is 2.14. The van der Waals surface area contributed by atoms with E-state index in [0.29, 0.717) is 19.5 Å². The number of hydrogen-bond donors (Lipinski definition) is 1. The topological polar surface area (TPSA) is 38.3 Å². The number of rotatable bonds is 2. The zero-order valence-electron chi connectivity index (χ0n) is 9.28. The number of fused-ring (bicyclic) bond motifs is 1. The zero-order valence-corrected chi connectivity index (χ0v) is 9.28. The number of aryl methyl sites for hydroxylation is 1. The zero-order chi connectivity index (χ0) is 11.8. The summed E-state index contributed by atoms with van der Waals surface area (Å²) in [6.07, 6.45) is 0.589. The van der Waals surface area contributed by atoms with Crippen LogP contribution in [-0.4, -0.2) is 19.4 Å². The largest absolute Gasteiger partial charge is 0.468 e. The normalized spacial score (nSPS) is 17.2. The van der Waals surface area contributed by atoms with Crippen molar-refractivity contribution in [2.45, 2.75) is 26.1 Å². The summed E-state index contributed by atoms with van der Waals surface area (Å²) in [6.45, 7) is 2.66. The Labute approximate surface area is 94.6 Å². The van der Waals surface area contributed by atoms with E-state index in [9.17, 15) is 9.18 Å². The number of alkyl halides is 1. The molecule has 88 valence electrons. The Hall–Kier alpha value is -1.58. The number of hydrogen-bond acceptors (Lipinski definition) is 3. The lowest BCUT2D eigenvalue weighted by Gasteiger charge is -2.20. The summed E-state index contributed by atoms with van der Waals surface area (Å²) >= 11 is 0. The molecule has 0 radical (unpaired) electrons. The molecule has 1 heterocycles. The maximum Gasteiger partial charge on any atom is 0.293 e. The van der Waals surface area contributed by atoms with Crippen LogP contribution >= 0.6 is 0 Å². The monoisotopic (exact) mass is 225 g/mol. The molecule has 1 aromatic carbocycles. The van der Waals surface area contributed by atoms with E-state index < -0.39 is 6.30 Å². The second-order valence-electron chi connectivity index (χ2n) is 3.36. The van der Waals surface area contributed by atoms with E-state index in [1.807, 2.05) is 24.3 Å². The molecule has 0 amide bonds. The van der Waals surface area contributed by atoms with Gasteiger partial charge in [0.05, 0.1) is 6.61 Å². The van der Waals surface area contributed by atoms with Gasteiger partial charge < -0.3 is 10.1 Å². The summed E-state index contributed by atoms with van der Waals surface area (Å²) in [7, 11) is 0. The molecule has 0 bridgehead atoms. The maximum atomic E-state index is 12.8. The van der Waals surface area contributed by atoms with E-state index in [0.717, 1.165) is 12.1 Å². The molecule has 1 unspecified atom stereocenters. The van der Waals surface area contributed by atoms with Crippen LogP contribution in [0.15, 0.2) is 24.3 Å². The second kappa shape index (κ2) is 6.82. The second-order valence-corrected chi connectivity index (χ2v) is 3.36. The van der Waals surface area contributed by atoms with Gasteiger partial charge in [-0.3, -0.25) is 4.79 Å². The standard InChI is InChI=1S/C9H10FN.C3H6O2/c10-9-6-5-7-3-1-2-4-8(7)11-9;1-2-5-3-4/h1-4,9,11H,5-6H2;3H,2H2,1H3. The molecule has 1 aliphatic heterocycles. The molecule has 0 aliphatic carbocycles. The Morgan fingerprint density at radius 3 is 2.94 bits per heavy atom. The Morgan fingerprint density at radius 1 is 1.56 bits per heavy atom. The molecule has 1 aromatic rings. The van der Waals surface area contributed by atoms with Crippen molar-refractivity contribution in [3.05, 3.63) is 29.8 Å². The van der Waals surface area contributed by atoms with Crippen molar-refractivity contribution < 1.29 is 13.9 Å². The molecule has 4 heteroatoms. The number of benzene rings is 1. The van der Waals surface area contributed by atoms with Crippen molar-refractivity contribution in [2.24, 2.45) is 0 Å². The summed E-state index contributed by atoms with van der Waals surface area (Å²) in [5, 5.41) is 2.79. The molecule has 3 nitrogen and oxygen atoms in total. The lowest BCUT2D eigenvalue weighted by Crippen LogP contribution is -2.20. The van der Waals surface area contributed by atoms with Crippen LogP contribution < -0.4 is 5.32 Å². The van der Waals surface area contributed by atoms with Crippen molar-refractivity contribution in [1.82, 2.24) is 0 Å². The summed E-state index contributed by atoms with van der Waals surface area (Å²) < 4.78 is 16.9. The van der Waals surface area contributed by atoms with Crippen LogP contribution in [0.5, 0.6) is 0 Å². The van der Waals surface area contributed by atoms with Crippen LogP contribution in [0.2, 0.25) is 0 Å². The van der Waals surface area contributed by atoms with Gasteiger partial charge in [-0.1, -0.05) is 18.2 Å². The van der Waals surface area contributed by atoms with Gasteiger partial charge in [-0.15, -0.1) is 0 Å². The van der Waals surface area contributed by atoms with E-state index in [-0.39, 0.29) is 0 Å². The molecule has 0 saturated heterocycles. The van der Waals surface area contributed by atoms with Crippen molar-refractivity contribution in [1.29, 1.82) is 0 Å². The first-order valence-electron chi connectivity index (χ1n) is 5.31. The van der Waals surface area contributed by atoms with Gasteiger partial charge in [0.1, 0.15) is 0 Å². The fraction of sp³-hybridized carbons (Fsp3) is 0.417. The first-order chi connectivity index (χ1) is 7.77. The van der Waals surface area contributed by atoms with E-state index in [1.165, 1.54) is 5.56 Å². The van der Waals surface area contributed by atoms with Crippen LogP contribution in [0, 0.1) is 0 Å². The van der Waals surface area contributed by atoms with Gasteiger partial charge >= 0.3 is 0 Å². The average molecular weight is 225 g/mol. The lowest BCUT2D eigenvalue weighted by atomic mass is 10.0. The molecule has 1 aliphatic rings. The van der Waals surface area contributed by atoms with Crippen LogP contribution in [0.25, 0.3) is 0 Å².